The summed E-state index contributed by atoms with van der Waals surface area (Å²) in [6, 6.07) is 0.426. The first-order valence-corrected chi connectivity index (χ1v) is 8.90. The maximum absolute atomic E-state index is 12.2. The number of Topliss-reactive ketones (excluding diaryl/α,β-unsaturated/α-hetero) is 1. The van der Waals surface area contributed by atoms with Crippen molar-refractivity contribution in [3.8, 4) is 0 Å². The Balaban J connectivity index is 2.15. The first-order valence-electron chi connectivity index (χ1n) is 6.86. The number of anilines is 2. The summed E-state index contributed by atoms with van der Waals surface area (Å²) < 4.78 is 0. The van der Waals surface area contributed by atoms with E-state index >= 15 is 0 Å². The molecule has 0 bridgehead atoms. The van der Waals surface area contributed by atoms with Crippen molar-refractivity contribution >= 4 is 39.6 Å². The van der Waals surface area contributed by atoms with Crippen molar-refractivity contribution in [3.63, 3.8) is 0 Å². The van der Waals surface area contributed by atoms with E-state index in [0.29, 0.717) is 11.7 Å². The minimum absolute atomic E-state index is 0.221. The molecule has 0 radical (unpaired) electrons. The highest BCUT2D eigenvalue weighted by molar-refractivity contribution is 7.99. The molecular weight excluding hydrogens is 290 g/mol. The van der Waals surface area contributed by atoms with Crippen LogP contribution in [0.5, 0.6) is 0 Å². The highest BCUT2D eigenvalue weighted by Crippen LogP contribution is 2.45. The van der Waals surface area contributed by atoms with Gasteiger partial charge in [-0.15, -0.1) is 23.1 Å². The van der Waals surface area contributed by atoms with Gasteiger partial charge in [-0.05, 0) is 40.1 Å². The van der Waals surface area contributed by atoms with Crippen molar-refractivity contribution in [2.45, 2.75) is 30.7 Å². The van der Waals surface area contributed by atoms with Crippen molar-refractivity contribution in [1.29, 1.82) is 0 Å². The second-order valence-corrected chi connectivity index (χ2v) is 7.38. The number of hydrogen-bond donors (Lipinski definition) is 2. The molecule has 20 heavy (non-hydrogen) atoms. The minimum Gasteiger partial charge on any atom is -0.396 e. The first kappa shape index (κ1) is 15.7. The Labute approximate surface area is 129 Å². The fourth-order valence-electron chi connectivity index (χ4n) is 1.88. The summed E-state index contributed by atoms with van der Waals surface area (Å²) in [7, 11) is 4.12. The van der Waals surface area contributed by atoms with E-state index in [0.717, 1.165) is 34.2 Å². The van der Waals surface area contributed by atoms with E-state index in [1.165, 1.54) is 11.3 Å². The summed E-state index contributed by atoms with van der Waals surface area (Å²) in [5, 5.41) is 4.48. The third-order valence-corrected chi connectivity index (χ3v) is 5.85. The molecule has 3 N–H and O–H groups in total. The van der Waals surface area contributed by atoms with Gasteiger partial charge in [0.05, 0.1) is 15.5 Å². The van der Waals surface area contributed by atoms with Gasteiger partial charge in [-0.1, -0.05) is 0 Å². The van der Waals surface area contributed by atoms with Crippen molar-refractivity contribution in [3.05, 3.63) is 4.88 Å². The molecular formula is C14H23N3OS2. The average molecular weight is 313 g/mol. The van der Waals surface area contributed by atoms with E-state index in [2.05, 4.69) is 31.2 Å². The average Bonchev–Trinajstić information content (AvgIpc) is 3.20. The van der Waals surface area contributed by atoms with E-state index in [-0.39, 0.29) is 11.7 Å². The quantitative estimate of drug-likeness (QED) is 0.598. The third kappa shape index (κ3) is 3.30. The fraction of sp³-hybridized carbons (Fsp3) is 0.643. The number of nitrogen functional groups attached to an aromatic ring is 1. The normalized spacial score (nSPS) is 16.4. The predicted octanol–water partition coefficient (Wildman–Crippen LogP) is 3.01. The van der Waals surface area contributed by atoms with Gasteiger partial charge in [-0.3, -0.25) is 4.79 Å². The minimum atomic E-state index is 0.221. The maximum Gasteiger partial charge on any atom is 0.178 e. The lowest BCUT2D eigenvalue weighted by molar-refractivity contribution is 0.0972. The number of nitrogens with one attached hydrogen (secondary N) is 1. The van der Waals surface area contributed by atoms with Gasteiger partial charge < -0.3 is 16.0 Å². The first-order chi connectivity index (χ1) is 9.45. The summed E-state index contributed by atoms with van der Waals surface area (Å²) in [5.74, 6) is 0.454. The van der Waals surface area contributed by atoms with Crippen LogP contribution in [-0.4, -0.2) is 43.6 Å². The molecule has 1 aromatic heterocycles. The van der Waals surface area contributed by atoms with Gasteiger partial charge in [0, 0.05) is 18.5 Å². The van der Waals surface area contributed by atoms with Crippen LogP contribution in [0.15, 0.2) is 4.90 Å². The molecule has 1 aliphatic rings. The summed E-state index contributed by atoms with van der Waals surface area (Å²) in [5.41, 5.74) is 6.83. The lowest BCUT2D eigenvalue weighted by atomic mass is 10.2. The number of nitrogens with zero attached hydrogens (tertiary/aromatic N) is 1. The van der Waals surface area contributed by atoms with Crippen LogP contribution >= 0.6 is 23.1 Å². The second kappa shape index (κ2) is 6.37. The molecule has 6 heteroatoms. The van der Waals surface area contributed by atoms with Crippen LogP contribution < -0.4 is 11.1 Å². The van der Waals surface area contributed by atoms with Crippen molar-refractivity contribution < 1.29 is 4.79 Å². The summed E-state index contributed by atoms with van der Waals surface area (Å²) >= 11 is 3.13. The molecule has 1 fully saturated rings. The lowest BCUT2D eigenvalue weighted by Crippen LogP contribution is -2.31. The Morgan fingerprint density at radius 3 is 2.70 bits per heavy atom. The molecule has 1 heterocycles. The Kier molecular flexibility index (Phi) is 4.99. The maximum atomic E-state index is 12.2. The van der Waals surface area contributed by atoms with Crippen LogP contribution in [0.3, 0.4) is 0 Å². The molecule has 0 spiro atoms. The molecule has 1 saturated carbocycles. The molecule has 112 valence electrons. The molecule has 0 aliphatic heterocycles. The largest absolute Gasteiger partial charge is 0.396 e. The van der Waals surface area contributed by atoms with Gasteiger partial charge in [-0.25, -0.2) is 0 Å². The standard InChI is InChI=1S/C14H23N3OS2/c1-8(17(2)3)7-16-14-13(19-4)10(15)12(20-14)11(18)9-5-6-9/h8-9,16H,5-7,15H2,1-4H3. The molecule has 1 aliphatic carbocycles. The third-order valence-electron chi connectivity index (χ3n) is 3.72. The molecule has 2 rings (SSSR count). The lowest BCUT2D eigenvalue weighted by Gasteiger charge is -2.20. The molecule has 0 saturated heterocycles. The van der Waals surface area contributed by atoms with Crippen molar-refractivity contribution in [1.82, 2.24) is 4.90 Å². The summed E-state index contributed by atoms with van der Waals surface area (Å²) in [4.78, 5) is 16.2. The van der Waals surface area contributed by atoms with Gasteiger partial charge in [-0.2, -0.15) is 0 Å². The van der Waals surface area contributed by atoms with Crippen LogP contribution in [0.4, 0.5) is 10.7 Å². The van der Waals surface area contributed by atoms with Gasteiger partial charge >= 0.3 is 0 Å². The molecule has 0 aromatic carbocycles. The van der Waals surface area contributed by atoms with E-state index in [1.54, 1.807) is 11.8 Å². The Morgan fingerprint density at radius 1 is 1.55 bits per heavy atom. The second-order valence-electron chi connectivity index (χ2n) is 5.54. The Morgan fingerprint density at radius 2 is 2.20 bits per heavy atom. The van der Waals surface area contributed by atoms with E-state index < -0.39 is 0 Å². The van der Waals surface area contributed by atoms with Crippen molar-refractivity contribution in [2.24, 2.45) is 5.92 Å². The molecule has 0 amide bonds. The van der Waals surface area contributed by atoms with Gasteiger partial charge in [0.1, 0.15) is 5.00 Å². The Hall–Kier alpha value is -0.720. The van der Waals surface area contributed by atoms with E-state index in [9.17, 15) is 4.79 Å². The smallest absolute Gasteiger partial charge is 0.178 e. The Bertz CT molecular complexity index is 495. The highest BCUT2D eigenvalue weighted by Gasteiger charge is 2.34. The zero-order valence-electron chi connectivity index (χ0n) is 12.5. The topological polar surface area (TPSA) is 58.4 Å². The zero-order valence-corrected chi connectivity index (χ0v) is 14.2. The summed E-state index contributed by atoms with van der Waals surface area (Å²) in [6.07, 6.45) is 4.04. The number of ketones is 1. The molecule has 1 aromatic rings. The number of nitrogens with two attached hydrogens (primary N) is 1. The van der Waals surface area contributed by atoms with Gasteiger partial charge in [0.2, 0.25) is 0 Å². The molecule has 1 atom stereocenters. The highest BCUT2D eigenvalue weighted by atomic mass is 32.2. The van der Waals surface area contributed by atoms with Crippen LogP contribution in [-0.2, 0) is 0 Å². The van der Waals surface area contributed by atoms with Gasteiger partial charge in [0.25, 0.3) is 0 Å². The fourth-order valence-corrected chi connectivity index (χ4v) is 3.95. The van der Waals surface area contributed by atoms with Gasteiger partial charge in [0.15, 0.2) is 5.78 Å². The van der Waals surface area contributed by atoms with E-state index in [4.69, 9.17) is 5.73 Å². The predicted molar refractivity (Wildman–Crippen MR) is 89.2 cm³/mol. The SMILES string of the molecule is CSc1c(NCC(C)N(C)C)sc(C(=O)C2CC2)c1N. The van der Waals surface area contributed by atoms with Crippen LogP contribution in [0.1, 0.15) is 29.4 Å². The molecule has 1 unspecified atom stereocenters. The van der Waals surface area contributed by atoms with Crippen LogP contribution in [0.2, 0.25) is 0 Å². The summed E-state index contributed by atoms with van der Waals surface area (Å²) in [6.45, 7) is 3.01. The number of carbonyl (C=O) groups is 1. The van der Waals surface area contributed by atoms with Crippen molar-refractivity contribution in [2.75, 3.05) is 37.9 Å². The zero-order chi connectivity index (χ0) is 14.9. The number of rotatable bonds is 7. The van der Waals surface area contributed by atoms with Crippen LogP contribution in [0, 0.1) is 5.92 Å². The number of carbonyl (C=O) groups excluding carboxylic acids is 1. The number of thiophene rings is 1. The number of thioether (sulfide) groups is 1. The molecule has 4 nitrogen and oxygen atoms in total. The number of hydrogen-bond acceptors (Lipinski definition) is 6. The monoisotopic (exact) mass is 313 g/mol. The van der Waals surface area contributed by atoms with Crippen LogP contribution in [0.25, 0.3) is 0 Å². The van der Waals surface area contributed by atoms with E-state index in [1.807, 2.05) is 6.26 Å². The number of likely N-dealkylation sites (N-methyl/N-ethyl adjacent to an activating group) is 1.